The second kappa shape index (κ2) is 11.4. The summed E-state index contributed by atoms with van der Waals surface area (Å²) in [5.41, 5.74) is -0.338. The molecule has 1 aliphatic rings. The van der Waals surface area contributed by atoms with E-state index in [-0.39, 0.29) is 35.3 Å². The molecule has 0 saturated heterocycles. The molecule has 1 fully saturated rings. The number of nitrogens with one attached hydrogen (secondary N) is 3. The predicted molar refractivity (Wildman–Crippen MR) is 112 cm³/mol. The van der Waals surface area contributed by atoms with Crippen LogP contribution in [0.3, 0.4) is 0 Å². The van der Waals surface area contributed by atoms with E-state index in [4.69, 9.17) is 0 Å². The lowest BCUT2D eigenvalue weighted by Crippen LogP contribution is -2.46. The monoisotopic (exact) mass is 456 g/mol. The predicted octanol–water partition coefficient (Wildman–Crippen LogP) is 2.61. The maximum Gasteiger partial charge on any atom is 0.225 e. The molecule has 1 amide bonds. The molecule has 0 aromatic carbocycles. The van der Waals surface area contributed by atoms with Crippen molar-refractivity contribution < 1.29 is 4.79 Å². The minimum absolute atomic E-state index is 0. The number of hydrogen-bond donors (Lipinski definition) is 3. The number of thioether (sulfide) groups is 1. The number of nitrogens with zero attached hydrogens (tertiary/aromatic N) is 1. The van der Waals surface area contributed by atoms with Gasteiger partial charge < -0.3 is 16.0 Å². The van der Waals surface area contributed by atoms with Gasteiger partial charge in [0, 0.05) is 36.8 Å². The van der Waals surface area contributed by atoms with Gasteiger partial charge in [-0.2, -0.15) is 11.8 Å². The molecule has 7 heteroatoms. The van der Waals surface area contributed by atoms with E-state index >= 15 is 0 Å². The van der Waals surface area contributed by atoms with Crippen LogP contribution in [0.4, 0.5) is 0 Å². The Bertz CT molecular complexity index is 385. The molecule has 2 atom stereocenters. The first-order valence-electron chi connectivity index (χ1n) is 8.24. The van der Waals surface area contributed by atoms with Crippen molar-refractivity contribution in [3.63, 3.8) is 0 Å². The Morgan fingerprint density at radius 3 is 2.43 bits per heavy atom. The van der Waals surface area contributed by atoms with Gasteiger partial charge in [0.15, 0.2) is 5.96 Å². The van der Waals surface area contributed by atoms with Crippen molar-refractivity contribution in [2.24, 2.45) is 10.4 Å². The highest BCUT2D eigenvalue weighted by Gasteiger charge is 2.25. The van der Waals surface area contributed by atoms with Crippen molar-refractivity contribution in [3.8, 4) is 0 Å². The summed E-state index contributed by atoms with van der Waals surface area (Å²) in [7, 11) is 1.79. The van der Waals surface area contributed by atoms with Crippen molar-refractivity contribution in [1.82, 2.24) is 16.0 Å². The molecule has 1 rings (SSSR count). The summed E-state index contributed by atoms with van der Waals surface area (Å²) in [6.07, 6.45) is 3.70. The summed E-state index contributed by atoms with van der Waals surface area (Å²) in [5, 5.41) is 10.5. The van der Waals surface area contributed by atoms with Crippen molar-refractivity contribution in [2.75, 3.05) is 25.9 Å². The molecule has 5 nitrogen and oxygen atoms in total. The molecule has 0 aliphatic heterocycles. The molecule has 0 heterocycles. The first-order chi connectivity index (χ1) is 10.4. The Morgan fingerprint density at radius 1 is 1.22 bits per heavy atom. The maximum absolute atomic E-state index is 11.8. The molecule has 0 bridgehead atoms. The van der Waals surface area contributed by atoms with Crippen LogP contribution in [0.1, 0.15) is 47.0 Å². The van der Waals surface area contributed by atoms with Gasteiger partial charge in [-0.1, -0.05) is 27.7 Å². The molecule has 0 radical (unpaired) electrons. The number of hydrogen-bond acceptors (Lipinski definition) is 3. The number of amides is 1. The fourth-order valence-electron chi connectivity index (χ4n) is 2.47. The van der Waals surface area contributed by atoms with Gasteiger partial charge in [0.2, 0.25) is 5.91 Å². The number of rotatable bonds is 6. The zero-order valence-electron chi connectivity index (χ0n) is 15.1. The Kier molecular flexibility index (Phi) is 11.3. The third-order valence-corrected chi connectivity index (χ3v) is 4.97. The highest BCUT2D eigenvalue weighted by atomic mass is 127. The summed E-state index contributed by atoms with van der Waals surface area (Å²) in [4.78, 5) is 16.0. The van der Waals surface area contributed by atoms with Crippen LogP contribution in [0.2, 0.25) is 0 Å². The van der Waals surface area contributed by atoms with Crippen molar-refractivity contribution in [1.29, 1.82) is 0 Å². The highest BCUT2D eigenvalue weighted by molar-refractivity contribution is 14.0. The first-order valence-corrected chi connectivity index (χ1v) is 9.28. The van der Waals surface area contributed by atoms with E-state index in [0.29, 0.717) is 19.1 Å². The Labute approximate surface area is 162 Å². The van der Waals surface area contributed by atoms with Crippen LogP contribution < -0.4 is 16.0 Å². The molecule has 2 unspecified atom stereocenters. The number of halogens is 1. The van der Waals surface area contributed by atoms with Crippen LogP contribution in [0.25, 0.3) is 0 Å². The van der Waals surface area contributed by atoms with Gasteiger partial charge in [-0.15, -0.1) is 24.0 Å². The molecule has 0 aromatic heterocycles. The second-order valence-electron chi connectivity index (χ2n) is 6.74. The Hall–Kier alpha value is -0.180. The topological polar surface area (TPSA) is 65.5 Å². The van der Waals surface area contributed by atoms with E-state index in [1.165, 1.54) is 25.0 Å². The van der Waals surface area contributed by atoms with Crippen LogP contribution in [-0.4, -0.2) is 49.0 Å². The van der Waals surface area contributed by atoms with Crippen LogP contribution >= 0.6 is 35.7 Å². The summed E-state index contributed by atoms with van der Waals surface area (Å²) < 4.78 is 0. The van der Waals surface area contributed by atoms with Crippen LogP contribution in [0, 0.1) is 5.41 Å². The average molecular weight is 456 g/mol. The van der Waals surface area contributed by atoms with Crippen molar-refractivity contribution >= 4 is 47.6 Å². The zero-order valence-corrected chi connectivity index (χ0v) is 18.2. The van der Waals surface area contributed by atoms with Gasteiger partial charge in [0.25, 0.3) is 0 Å². The molecule has 1 aliphatic carbocycles. The van der Waals surface area contributed by atoms with E-state index < -0.39 is 0 Å². The number of carbonyl (C=O) groups is 1. The van der Waals surface area contributed by atoms with Gasteiger partial charge in [0.1, 0.15) is 0 Å². The highest BCUT2D eigenvalue weighted by Crippen LogP contribution is 2.29. The Morgan fingerprint density at radius 2 is 1.87 bits per heavy atom. The van der Waals surface area contributed by atoms with Crippen LogP contribution in [0.5, 0.6) is 0 Å². The van der Waals surface area contributed by atoms with Crippen molar-refractivity contribution in [2.45, 2.75) is 58.2 Å². The largest absolute Gasteiger partial charge is 0.355 e. The smallest absolute Gasteiger partial charge is 0.225 e. The minimum atomic E-state index is -0.338. The fourth-order valence-corrected chi connectivity index (χ4v) is 3.61. The second-order valence-corrected chi connectivity index (χ2v) is 8.31. The van der Waals surface area contributed by atoms with Crippen molar-refractivity contribution in [3.05, 3.63) is 0 Å². The molecular weight excluding hydrogens is 423 g/mol. The number of carbonyl (C=O) groups excluding carboxylic acids is 1. The maximum atomic E-state index is 11.8. The van der Waals surface area contributed by atoms with Crippen LogP contribution in [-0.2, 0) is 4.79 Å². The summed E-state index contributed by atoms with van der Waals surface area (Å²) >= 11 is 2.06. The molecular formula is C16H33IN4OS. The van der Waals surface area contributed by atoms with E-state index in [0.717, 1.165) is 11.2 Å². The van der Waals surface area contributed by atoms with Gasteiger partial charge in [-0.05, 0) is 25.0 Å². The van der Waals surface area contributed by atoms with E-state index in [1.54, 1.807) is 7.05 Å². The van der Waals surface area contributed by atoms with Crippen LogP contribution in [0.15, 0.2) is 4.99 Å². The zero-order chi connectivity index (χ0) is 16.6. The summed E-state index contributed by atoms with van der Waals surface area (Å²) in [6, 6.07) is 0.513. The Balaban J connectivity index is 0.00000484. The number of aliphatic imine (C=N–C) groups is 1. The molecule has 136 valence electrons. The lowest BCUT2D eigenvalue weighted by atomic mass is 9.96. The van der Waals surface area contributed by atoms with Gasteiger partial charge in [0.05, 0.1) is 0 Å². The van der Waals surface area contributed by atoms with E-state index in [1.807, 2.05) is 20.8 Å². The third-order valence-electron chi connectivity index (χ3n) is 3.74. The van der Waals surface area contributed by atoms with Gasteiger partial charge in [-0.25, -0.2) is 0 Å². The fraction of sp³-hybridized carbons (Fsp3) is 0.875. The normalized spacial score (nSPS) is 21.5. The molecule has 3 N–H and O–H groups in total. The lowest BCUT2D eigenvalue weighted by molar-refractivity contribution is -0.128. The SMILES string of the molecule is CCSC1CCC(NC(=NC)NCCNC(=O)C(C)(C)C)C1.I. The summed E-state index contributed by atoms with van der Waals surface area (Å²) in [5.74, 6) is 2.10. The molecule has 23 heavy (non-hydrogen) atoms. The lowest BCUT2D eigenvalue weighted by Gasteiger charge is -2.19. The minimum Gasteiger partial charge on any atom is -0.355 e. The van der Waals surface area contributed by atoms with Gasteiger partial charge in [-0.3, -0.25) is 9.79 Å². The third kappa shape index (κ3) is 9.02. The molecule has 0 aromatic rings. The van der Waals surface area contributed by atoms with E-state index in [9.17, 15) is 4.79 Å². The first kappa shape index (κ1) is 22.8. The van der Waals surface area contributed by atoms with Gasteiger partial charge >= 0.3 is 0 Å². The van der Waals surface area contributed by atoms with E-state index in [2.05, 4.69) is 39.6 Å². The average Bonchev–Trinajstić information content (AvgIpc) is 2.88. The quantitative estimate of drug-likeness (QED) is 0.249. The number of guanidine groups is 1. The summed E-state index contributed by atoms with van der Waals surface area (Å²) in [6.45, 7) is 9.26. The molecule has 0 spiro atoms. The molecule has 1 saturated carbocycles. The standard InChI is InChI=1S/C16H32N4OS.HI/c1-6-22-13-8-7-12(11-13)20-15(17-5)19-10-9-18-14(21)16(2,3)4;/h12-13H,6-11H2,1-5H3,(H,18,21)(H2,17,19,20);1H.